The minimum atomic E-state index is -0.527. The predicted octanol–water partition coefficient (Wildman–Crippen LogP) is 2.11. The number of carbonyl (C=O) groups excluding carboxylic acids is 3. The van der Waals surface area contributed by atoms with E-state index in [1.54, 1.807) is 22.7 Å². The Morgan fingerprint density at radius 2 is 1.89 bits per heavy atom. The number of primary amides is 1. The molecule has 0 aromatic heterocycles. The minimum absolute atomic E-state index is 0.0206. The van der Waals surface area contributed by atoms with Crippen LogP contribution in [-0.4, -0.2) is 96.9 Å². The number of likely N-dealkylation sites (N-methyl/N-ethyl adjacent to an activating group) is 1. The Morgan fingerprint density at radius 3 is 2.53 bits per heavy atom. The summed E-state index contributed by atoms with van der Waals surface area (Å²) in [5.41, 5.74) is 8.04. The molecule has 4 fully saturated rings. The Balaban J connectivity index is 1.52. The van der Waals surface area contributed by atoms with E-state index in [-0.39, 0.29) is 35.6 Å². The van der Waals surface area contributed by atoms with E-state index in [1.807, 2.05) is 18.4 Å². The molecule has 3 saturated heterocycles. The number of rotatable bonds is 7. The number of anilines is 1. The van der Waals surface area contributed by atoms with Crippen LogP contribution in [0.1, 0.15) is 54.4 Å². The molecule has 1 aliphatic carbocycles. The molecule has 0 unspecified atom stereocenters. The number of ether oxygens (including phenoxy) is 1. The SMILES string of the molecule is CCN1CCN(c2ccc(C(N)=O)c([C@@H](C(=O)N3C[C@H](SC)[C@H]4OCC(=O)[C@H]43)C3CCCC3)c2)CC1. The molecule has 0 radical (unpaired) electrons. The molecule has 1 aromatic rings. The van der Waals surface area contributed by atoms with Crippen molar-refractivity contribution in [3.05, 3.63) is 29.3 Å². The molecular formula is C27H38N4O4S. The van der Waals surface area contributed by atoms with Crippen molar-refractivity contribution < 1.29 is 19.1 Å². The first-order valence-electron chi connectivity index (χ1n) is 13.3. The summed E-state index contributed by atoms with van der Waals surface area (Å²) in [6.45, 7) is 7.57. The molecule has 0 spiro atoms. The zero-order valence-electron chi connectivity index (χ0n) is 21.4. The Hall–Kier alpha value is -2.10. The van der Waals surface area contributed by atoms with Crippen LogP contribution >= 0.6 is 11.8 Å². The highest BCUT2D eigenvalue weighted by atomic mass is 32.2. The molecule has 5 rings (SSSR count). The Bertz CT molecular complexity index is 1010. The Kier molecular flexibility index (Phi) is 7.60. The van der Waals surface area contributed by atoms with E-state index in [4.69, 9.17) is 10.5 Å². The first kappa shape index (κ1) is 25.5. The average molecular weight is 515 g/mol. The molecule has 3 heterocycles. The summed E-state index contributed by atoms with van der Waals surface area (Å²) in [5.74, 6) is -0.936. The number of likely N-dealkylation sites (tertiary alicyclic amines) is 1. The number of carbonyl (C=O) groups is 3. The van der Waals surface area contributed by atoms with Crippen LogP contribution in [0.25, 0.3) is 0 Å². The maximum Gasteiger partial charge on any atom is 0.249 e. The number of nitrogens with zero attached hydrogens (tertiary/aromatic N) is 3. The van der Waals surface area contributed by atoms with Gasteiger partial charge in [-0.15, -0.1) is 0 Å². The van der Waals surface area contributed by atoms with Crippen molar-refractivity contribution in [1.29, 1.82) is 0 Å². The first-order chi connectivity index (χ1) is 17.4. The fraction of sp³-hybridized carbons (Fsp3) is 0.667. The van der Waals surface area contributed by atoms with Gasteiger partial charge in [-0.3, -0.25) is 14.4 Å². The van der Waals surface area contributed by atoms with E-state index in [1.165, 1.54) is 0 Å². The molecule has 36 heavy (non-hydrogen) atoms. The fourth-order valence-electron chi connectivity index (χ4n) is 6.66. The number of benzene rings is 1. The number of ketones is 1. The first-order valence-corrected chi connectivity index (χ1v) is 14.6. The van der Waals surface area contributed by atoms with Crippen LogP contribution < -0.4 is 10.6 Å². The third-order valence-electron chi connectivity index (χ3n) is 8.68. The lowest BCUT2D eigenvalue weighted by atomic mass is 9.80. The number of hydrogen-bond donors (Lipinski definition) is 1. The van der Waals surface area contributed by atoms with Crippen molar-refractivity contribution in [2.24, 2.45) is 11.7 Å². The smallest absolute Gasteiger partial charge is 0.249 e. The molecular weight excluding hydrogens is 476 g/mol. The fourth-order valence-corrected chi connectivity index (χ4v) is 7.46. The van der Waals surface area contributed by atoms with E-state index in [0.717, 1.165) is 69.7 Å². The number of thioether (sulfide) groups is 1. The summed E-state index contributed by atoms with van der Waals surface area (Å²) in [6, 6.07) is 5.28. The van der Waals surface area contributed by atoms with Crippen LogP contribution in [0.4, 0.5) is 5.69 Å². The second-order valence-electron chi connectivity index (χ2n) is 10.5. The number of hydrogen-bond acceptors (Lipinski definition) is 7. The van der Waals surface area contributed by atoms with Crippen LogP contribution in [-0.2, 0) is 14.3 Å². The lowest BCUT2D eigenvalue weighted by Crippen LogP contribution is -2.46. The summed E-state index contributed by atoms with van der Waals surface area (Å²) in [5, 5.41) is 0.0754. The van der Waals surface area contributed by atoms with Gasteiger partial charge in [0.2, 0.25) is 11.8 Å². The van der Waals surface area contributed by atoms with Crippen LogP contribution in [0.2, 0.25) is 0 Å². The van der Waals surface area contributed by atoms with Gasteiger partial charge in [-0.2, -0.15) is 11.8 Å². The van der Waals surface area contributed by atoms with Gasteiger partial charge in [0, 0.05) is 44.0 Å². The van der Waals surface area contributed by atoms with Crippen LogP contribution in [0.3, 0.4) is 0 Å². The molecule has 4 atom stereocenters. The van der Waals surface area contributed by atoms with E-state index < -0.39 is 17.9 Å². The van der Waals surface area contributed by atoms with Gasteiger partial charge < -0.3 is 25.2 Å². The molecule has 2 amide bonds. The molecule has 0 bridgehead atoms. The standard InChI is InChI=1S/C27H38N4O4S/c1-3-29-10-12-30(13-11-29)18-8-9-19(26(28)33)20(14-18)23(17-6-4-5-7-17)27(34)31-15-22(36-2)25-24(31)21(32)16-35-25/h8-9,14,17,22-25H,3-7,10-13,15-16H2,1-2H3,(H2,28,33)/t22-,23-,24+,25+/m0/s1. The second kappa shape index (κ2) is 10.7. The van der Waals surface area contributed by atoms with Crippen molar-refractivity contribution in [3.8, 4) is 0 Å². The Labute approximate surface area is 217 Å². The molecule has 196 valence electrons. The number of amides is 2. The van der Waals surface area contributed by atoms with Gasteiger partial charge in [-0.05, 0) is 55.3 Å². The van der Waals surface area contributed by atoms with Crippen molar-refractivity contribution in [2.75, 3.05) is 57.0 Å². The van der Waals surface area contributed by atoms with Crippen molar-refractivity contribution >= 4 is 35.0 Å². The third-order valence-corrected chi connectivity index (χ3v) is 9.70. The Morgan fingerprint density at radius 1 is 1.17 bits per heavy atom. The largest absolute Gasteiger partial charge is 0.369 e. The number of fused-ring (bicyclic) bond motifs is 1. The lowest BCUT2D eigenvalue weighted by Gasteiger charge is -2.36. The third kappa shape index (κ3) is 4.65. The maximum absolute atomic E-state index is 14.4. The number of piperazine rings is 1. The van der Waals surface area contributed by atoms with Gasteiger partial charge in [-0.25, -0.2) is 0 Å². The topological polar surface area (TPSA) is 96.2 Å². The van der Waals surface area contributed by atoms with Crippen molar-refractivity contribution in [1.82, 2.24) is 9.80 Å². The second-order valence-corrected chi connectivity index (χ2v) is 11.6. The number of nitrogens with two attached hydrogens (primary N) is 1. The molecule has 1 aromatic carbocycles. The quantitative estimate of drug-likeness (QED) is 0.595. The van der Waals surface area contributed by atoms with E-state index >= 15 is 0 Å². The van der Waals surface area contributed by atoms with Gasteiger partial charge in [0.05, 0.1) is 17.3 Å². The average Bonchev–Trinajstić information content (AvgIpc) is 3.63. The van der Waals surface area contributed by atoms with E-state index in [2.05, 4.69) is 16.7 Å². The van der Waals surface area contributed by atoms with Gasteiger partial charge >= 0.3 is 0 Å². The predicted molar refractivity (Wildman–Crippen MR) is 142 cm³/mol. The summed E-state index contributed by atoms with van der Waals surface area (Å²) >= 11 is 1.65. The monoisotopic (exact) mass is 514 g/mol. The molecule has 3 aliphatic heterocycles. The van der Waals surface area contributed by atoms with Crippen LogP contribution in [0, 0.1) is 5.92 Å². The molecule has 2 N–H and O–H groups in total. The summed E-state index contributed by atoms with van der Waals surface area (Å²) in [6.07, 6.45) is 5.76. The highest BCUT2D eigenvalue weighted by molar-refractivity contribution is 7.99. The minimum Gasteiger partial charge on any atom is -0.369 e. The molecule has 1 saturated carbocycles. The molecule has 9 heteroatoms. The van der Waals surface area contributed by atoms with Gasteiger partial charge in [-0.1, -0.05) is 19.8 Å². The zero-order chi connectivity index (χ0) is 25.4. The van der Waals surface area contributed by atoms with Gasteiger partial charge in [0.15, 0.2) is 5.78 Å². The highest BCUT2D eigenvalue weighted by Gasteiger charge is 2.53. The number of Topliss-reactive ketones (excluding diaryl/α,β-unsaturated/α-hetero) is 1. The summed E-state index contributed by atoms with van der Waals surface area (Å²) in [4.78, 5) is 46.3. The van der Waals surface area contributed by atoms with Crippen LogP contribution in [0.15, 0.2) is 18.2 Å². The molecule has 4 aliphatic rings. The summed E-state index contributed by atoms with van der Waals surface area (Å²) in [7, 11) is 0. The van der Waals surface area contributed by atoms with Crippen molar-refractivity contribution in [3.63, 3.8) is 0 Å². The zero-order valence-corrected chi connectivity index (χ0v) is 22.2. The van der Waals surface area contributed by atoms with Crippen molar-refractivity contribution in [2.45, 2.75) is 55.9 Å². The molecule has 8 nitrogen and oxygen atoms in total. The van der Waals surface area contributed by atoms with Crippen LogP contribution in [0.5, 0.6) is 0 Å². The summed E-state index contributed by atoms with van der Waals surface area (Å²) < 4.78 is 5.81. The lowest BCUT2D eigenvalue weighted by molar-refractivity contribution is -0.138. The maximum atomic E-state index is 14.4. The van der Waals surface area contributed by atoms with Gasteiger partial charge in [0.25, 0.3) is 0 Å². The van der Waals surface area contributed by atoms with Gasteiger partial charge in [0.1, 0.15) is 12.6 Å². The van der Waals surface area contributed by atoms with E-state index in [9.17, 15) is 14.4 Å². The normalized spacial score (nSPS) is 28.1. The van der Waals surface area contributed by atoms with E-state index in [0.29, 0.717) is 12.1 Å². The highest BCUT2D eigenvalue weighted by Crippen LogP contribution is 2.43.